The third kappa shape index (κ3) is 6.53. The molecular formula is C22H32IN7. The van der Waals surface area contributed by atoms with Crippen LogP contribution in [0.5, 0.6) is 0 Å². The SMILES string of the molecule is I.c1ccc(NC(=NCCN2CCN(c3ncccn3)CC2)N2CCCCC2)cc1. The van der Waals surface area contributed by atoms with Crippen LogP contribution < -0.4 is 10.2 Å². The first-order valence-electron chi connectivity index (χ1n) is 10.7. The summed E-state index contributed by atoms with van der Waals surface area (Å²) in [6, 6.07) is 12.2. The number of para-hydroxylation sites is 1. The highest BCUT2D eigenvalue weighted by Gasteiger charge is 2.19. The van der Waals surface area contributed by atoms with Crippen molar-refractivity contribution in [3.05, 3.63) is 48.8 Å². The minimum atomic E-state index is 0. The molecule has 7 nitrogen and oxygen atoms in total. The lowest BCUT2D eigenvalue weighted by Crippen LogP contribution is -2.48. The summed E-state index contributed by atoms with van der Waals surface area (Å²) < 4.78 is 0. The predicted octanol–water partition coefficient (Wildman–Crippen LogP) is 3.17. The molecule has 3 heterocycles. The van der Waals surface area contributed by atoms with E-state index in [0.717, 1.165) is 70.0 Å². The topological polar surface area (TPSA) is 59.9 Å². The fourth-order valence-electron chi connectivity index (χ4n) is 3.90. The zero-order chi connectivity index (χ0) is 19.7. The van der Waals surface area contributed by atoms with E-state index < -0.39 is 0 Å². The van der Waals surface area contributed by atoms with Crippen LogP contribution in [-0.2, 0) is 0 Å². The number of aromatic nitrogens is 2. The number of hydrogen-bond acceptors (Lipinski definition) is 5. The van der Waals surface area contributed by atoms with Gasteiger partial charge in [-0.05, 0) is 37.5 Å². The van der Waals surface area contributed by atoms with Crippen LogP contribution in [0.3, 0.4) is 0 Å². The molecule has 0 radical (unpaired) electrons. The fraction of sp³-hybridized carbons (Fsp3) is 0.500. The quantitative estimate of drug-likeness (QED) is 0.371. The van der Waals surface area contributed by atoms with Crippen molar-refractivity contribution in [3.63, 3.8) is 0 Å². The van der Waals surface area contributed by atoms with E-state index >= 15 is 0 Å². The Hall–Kier alpha value is -1.94. The molecule has 1 aromatic heterocycles. The Labute approximate surface area is 196 Å². The first-order valence-corrected chi connectivity index (χ1v) is 10.7. The number of likely N-dealkylation sites (tertiary alicyclic amines) is 1. The maximum Gasteiger partial charge on any atom is 0.225 e. The third-order valence-electron chi connectivity index (χ3n) is 5.57. The lowest BCUT2D eigenvalue weighted by atomic mass is 10.1. The second-order valence-corrected chi connectivity index (χ2v) is 7.62. The highest BCUT2D eigenvalue weighted by molar-refractivity contribution is 14.0. The van der Waals surface area contributed by atoms with Crippen molar-refractivity contribution in [1.29, 1.82) is 0 Å². The molecule has 2 aromatic rings. The van der Waals surface area contributed by atoms with Crippen molar-refractivity contribution in [2.45, 2.75) is 19.3 Å². The van der Waals surface area contributed by atoms with Crippen LogP contribution >= 0.6 is 24.0 Å². The van der Waals surface area contributed by atoms with E-state index in [1.54, 1.807) is 0 Å². The van der Waals surface area contributed by atoms with E-state index in [2.05, 4.69) is 54.2 Å². The van der Waals surface area contributed by atoms with Crippen molar-refractivity contribution in [2.24, 2.45) is 4.99 Å². The summed E-state index contributed by atoms with van der Waals surface area (Å²) in [6.45, 7) is 7.97. The minimum absolute atomic E-state index is 0. The van der Waals surface area contributed by atoms with Crippen LogP contribution in [0.15, 0.2) is 53.8 Å². The number of nitrogens with zero attached hydrogens (tertiary/aromatic N) is 6. The summed E-state index contributed by atoms with van der Waals surface area (Å²) in [4.78, 5) is 20.8. The molecule has 4 rings (SSSR count). The summed E-state index contributed by atoms with van der Waals surface area (Å²) in [7, 11) is 0. The monoisotopic (exact) mass is 521 g/mol. The van der Waals surface area contributed by atoms with Gasteiger partial charge in [0, 0.05) is 63.9 Å². The smallest absolute Gasteiger partial charge is 0.225 e. The van der Waals surface area contributed by atoms with E-state index in [1.165, 1.54) is 19.3 Å². The van der Waals surface area contributed by atoms with Crippen LogP contribution in [0.4, 0.5) is 11.6 Å². The number of aliphatic imine (C=N–C) groups is 1. The first kappa shape index (κ1) is 22.7. The third-order valence-corrected chi connectivity index (χ3v) is 5.57. The van der Waals surface area contributed by atoms with E-state index in [-0.39, 0.29) is 24.0 Å². The van der Waals surface area contributed by atoms with Gasteiger partial charge in [-0.15, -0.1) is 24.0 Å². The lowest BCUT2D eigenvalue weighted by molar-refractivity contribution is 0.263. The van der Waals surface area contributed by atoms with Gasteiger partial charge in [-0.3, -0.25) is 9.89 Å². The molecule has 2 fully saturated rings. The molecule has 2 aliphatic heterocycles. The van der Waals surface area contributed by atoms with Gasteiger partial charge in [0.2, 0.25) is 5.95 Å². The fourth-order valence-corrected chi connectivity index (χ4v) is 3.90. The standard InChI is InChI=1S/C22H31N7.HI/c1-3-8-20(9-4-1)26-22(28-13-5-2-6-14-28)25-12-15-27-16-18-29(19-17-27)21-23-10-7-11-24-21;/h1,3-4,7-11H,2,5-6,12-19H2,(H,25,26);1H. The molecule has 162 valence electrons. The average Bonchev–Trinajstić information content (AvgIpc) is 2.81. The second-order valence-electron chi connectivity index (χ2n) is 7.62. The van der Waals surface area contributed by atoms with E-state index in [0.29, 0.717) is 0 Å². The van der Waals surface area contributed by atoms with Gasteiger partial charge in [0.05, 0.1) is 6.54 Å². The molecule has 1 aromatic carbocycles. The van der Waals surface area contributed by atoms with Gasteiger partial charge in [-0.2, -0.15) is 0 Å². The number of hydrogen-bond donors (Lipinski definition) is 1. The summed E-state index contributed by atoms with van der Waals surface area (Å²) in [5, 5.41) is 3.55. The van der Waals surface area contributed by atoms with E-state index in [4.69, 9.17) is 4.99 Å². The number of halogens is 1. The largest absolute Gasteiger partial charge is 0.343 e. The van der Waals surface area contributed by atoms with Gasteiger partial charge in [-0.1, -0.05) is 18.2 Å². The number of piperidine rings is 1. The molecule has 0 atom stereocenters. The Morgan fingerprint density at radius 3 is 2.27 bits per heavy atom. The van der Waals surface area contributed by atoms with Crippen LogP contribution in [0.2, 0.25) is 0 Å². The van der Waals surface area contributed by atoms with Crippen molar-refractivity contribution < 1.29 is 0 Å². The van der Waals surface area contributed by atoms with Crippen LogP contribution in [0.1, 0.15) is 19.3 Å². The van der Waals surface area contributed by atoms with E-state index in [1.807, 2.05) is 24.5 Å². The predicted molar refractivity (Wildman–Crippen MR) is 134 cm³/mol. The molecule has 0 bridgehead atoms. The Kier molecular flexibility index (Phi) is 9.13. The van der Waals surface area contributed by atoms with Crippen LogP contribution in [0.25, 0.3) is 0 Å². The van der Waals surface area contributed by atoms with Gasteiger partial charge in [0.1, 0.15) is 0 Å². The van der Waals surface area contributed by atoms with Crippen molar-refractivity contribution in [1.82, 2.24) is 19.8 Å². The Morgan fingerprint density at radius 1 is 0.867 bits per heavy atom. The highest BCUT2D eigenvalue weighted by atomic mass is 127. The molecule has 0 amide bonds. The number of anilines is 2. The summed E-state index contributed by atoms with van der Waals surface area (Å²) >= 11 is 0. The van der Waals surface area contributed by atoms with Crippen LogP contribution in [0, 0.1) is 0 Å². The van der Waals surface area contributed by atoms with Crippen molar-refractivity contribution >= 4 is 41.6 Å². The normalized spacial score (nSPS) is 18.1. The summed E-state index contributed by atoms with van der Waals surface area (Å²) in [5.74, 6) is 1.86. The van der Waals surface area contributed by atoms with Crippen LogP contribution in [-0.4, -0.2) is 78.1 Å². The maximum atomic E-state index is 4.97. The Balaban J connectivity index is 0.00000256. The number of guanidine groups is 1. The number of rotatable bonds is 5. The van der Waals surface area contributed by atoms with Gasteiger partial charge in [0.15, 0.2) is 5.96 Å². The molecule has 1 N–H and O–H groups in total. The molecule has 30 heavy (non-hydrogen) atoms. The lowest BCUT2D eigenvalue weighted by Gasteiger charge is -2.34. The molecule has 2 saturated heterocycles. The van der Waals surface area contributed by atoms with Crippen molar-refractivity contribution in [3.8, 4) is 0 Å². The number of piperazine rings is 1. The van der Waals surface area contributed by atoms with E-state index in [9.17, 15) is 0 Å². The van der Waals surface area contributed by atoms with Gasteiger partial charge in [-0.25, -0.2) is 9.97 Å². The zero-order valence-electron chi connectivity index (χ0n) is 17.5. The summed E-state index contributed by atoms with van der Waals surface area (Å²) in [6.07, 6.45) is 7.44. The molecule has 8 heteroatoms. The minimum Gasteiger partial charge on any atom is -0.343 e. The second kappa shape index (κ2) is 12.0. The number of benzene rings is 1. The average molecular weight is 521 g/mol. The Bertz CT molecular complexity index is 758. The molecule has 0 saturated carbocycles. The highest BCUT2D eigenvalue weighted by Crippen LogP contribution is 2.13. The number of nitrogens with one attached hydrogen (secondary N) is 1. The van der Waals surface area contributed by atoms with Gasteiger partial charge < -0.3 is 15.1 Å². The zero-order valence-corrected chi connectivity index (χ0v) is 19.8. The molecule has 0 unspecified atom stereocenters. The summed E-state index contributed by atoms with van der Waals surface area (Å²) in [5.41, 5.74) is 1.10. The van der Waals surface area contributed by atoms with Crippen molar-refractivity contribution in [2.75, 3.05) is 62.6 Å². The Morgan fingerprint density at radius 2 is 1.57 bits per heavy atom. The molecular weight excluding hydrogens is 489 g/mol. The molecule has 0 spiro atoms. The first-order chi connectivity index (χ1) is 14.4. The van der Waals surface area contributed by atoms with Gasteiger partial charge >= 0.3 is 0 Å². The molecule has 0 aliphatic carbocycles. The maximum absolute atomic E-state index is 4.97. The molecule has 2 aliphatic rings. The van der Waals surface area contributed by atoms with Gasteiger partial charge in [0.25, 0.3) is 0 Å².